The van der Waals surface area contributed by atoms with Gasteiger partial charge < -0.3 is 4.98 Å². The van der Waals surface area contributed by atoms with E-state index in [1.54, 1.807) is 6.07 Å². The normalized spacial score (nSPS) is 12.3. The highest BCUT2D eigenvalue weighted by atomic mass is 19.1. The Morgan fingerprint density at radius 1 is 1.19 bits per heavy atom. The monoisotopic (exact) mass is 219 g/mol. The van der Waals surface area contributed by atoms with E-state index in [1.807, 2.05) is 13.0 Å². The van der Waals surface area contributed by atoms with E-state index in [9.17, 15) is 4.39 Å². The molecular formula is C14H18FN. The molecule has 0 unspecified atom stereocenters. The van der Waals surface area contributed by atoms with Crippen molar-refractivity contribution in [2.75, 3.05) is 0 Å². The Kier molecular flexibility index (Phi) is 2.53. The first-order valence-corrected chi connectivity index (χ1v) is 5.73. The van der Waals surface area contributed by atoms with E-state index in [-0.39, 0.29) is 11.2 Å². The first-order valence-electron chi connectivity index (χ1n) is 5.73. The number of aromatic nitrogens is 1. The van der Waals surface area contributed by atoms with Crippen molar-refractivity contribution in [3.8, 4) is 0 Å². The number of hydrogen-bond donors (Lipinski definition) is 1. The summed E-state index contributed by atoms with van der Waals surface area (Å²) < 4.78 is 13.6. The fourth-order valence-electron chi connectivity index (χ4n) is 1.88. The van der Waals surface area contributed by atoms with Crippen molar-refractivity contribution in [1.29, 1.82) is 0 Å². The molecule has 0 radical (unpaired) electrons. The van der Waals surface area contributed by atoms with Gasteiger partial charge in [-0.3, -0.25) is 0 Å². The van der Waals surface area contributed by atoms with Crippen LogP contribution in [0.1, 0.15) is 39.0 Å². The standard InChI is InChI=1S/C14H18FN/c1-5-9-6-10-7-13(14(2,3)4)16-12(10)8-11(9)15/h6-8,16H,5H2,1-4H3. The molecule has 1 heterocycles. The Labute approximate surface area is 95.7 Å². The predicted octanol–water partition coefficient (Wildman–Crippen LogP) is 4.17. The molecule has 0 spiro atoms. The first-order chi connectivity index (χ1) is 7.41. The van der Waals surface area contributed by atoms with Gasteiger partial charge in [0.05, 0.1) is 0 Å². The van der Waals surface area contributed by atoms with Crippen molar-refractivity contribution in [1.82, 2.24) is 4.98 Å². The zero-order valence-corrected chi connectivity index (χ0v) is 10.3. The van der Waals surface area contributed by atoms with Crippen LogP contribution < -0.4 is 0 Å². The number of aromatic amines is 1. The molecule has 0 saturated carbocycles. The molecule has 0 aliphatic carbocycles. The highest BCUT2D eigenvalue weighted by molar-refractivity contribution is 5.81. The van der Waals surface area contributed by atoms with Gasteiger partial charge in [-0.1, -0.05) is 27.7 Å². The van der Waals surface area contributed by atoms with Gasteiger partial charge in [0.2, 0.25) is 0 Å². The quantitative estimate of drug-likeness (QED) is 0.741. The molecule has 1 N–H and O–H groups in total. The minimum atomic E-state index is -0.114. The van der Waals surface area contributed by atoms with Crippen LogP contribution in [0.25, 0.3) is 10.9 Å². The second-order valence-corrected chi connectivity index (χ2v) is 5.32. The van der Waals surface area contributed by atoms with Crippen LogP contribution in [0.3, 0.4) is 0 Å². The Balaban J connectivity index is 2.63. The van der Waals surface area contributed by atoms with Crippen LogP contribution in [0.15, 0.2) is 18.2 Å². The molecule has 16 heavy (non-hydrogen) atoms. The molecule has 0 saturated heterocycles. The molecule has 0 bridgehead atoms. The zero-order chi connectivity index (χ0) is 11.9. The predicted molar refractivity (Wildman–Crippen MR) is 66.3 cm³/mol. The van der Waals surface area contributed by atoms with Crippen LogP contribution in [0, 0.1) is 5.82 Å². The van der Waals surface area contributed by atoms with Gasteiger partial charge in [0.15, 0.2) is 0 Å². The Hall–Kier alpha value is -1.31. The first kappa shape index (κ1) is 11.2. The summed E-state index contributed by atoms with van der Waals surface area (Å²) in [4.78, 5) is 3.29. The number of H-pyrrole nitrogens is 1. The van der Waals surface area contributed by atoms with Gasteiger partial charge in [-0.25, -0.2) is 4.39 Å². The van der Waals surface area contributed by atoms with Crippen molar-refractivity contribution in [2.45, 2.75) is 39.5 Å². The molecule has 0 aliphatic heterocycles. The summed E-state index contributed by atoms with van der Waals surface area (Å²) in [5, 5.41) is 1.10. The number of nitrogens with one attached hydrogen (secondary N) is 1. The van der Waals surface area contributed by atoms with Crippen LogP contribution in [0.4, 0.5) is 4.39 Å². The molecule has 0 amide bonds. The van der Waals surface area contributed by atoms with E-state index in [4.69, 9.17) is 0 Å². The molecule has 2 aromatic rings. The second-order valence-electron chi connectivity index (χ2n) is 5.32. The van der Waals surface area contributed by atoms with Gasteiger partial charge in [-0.15, -0.1) is 0 Å². The number of benzene rings is 1. The summed E-state index contributed by atoms with van der Waals surface area (Å²) in [5.74, 6) is -0.114. The lowest BCUT2D eigenvalue weighted by molar-refractivity contribution is 0.574. The molecule has 86 valence electrons. The average Bonchev–Trinajstić information content (AvgIpc) is 2.58. The molecule has 2 rings (SSSR count). The minimum absolute atomic E-state index is 0.0713. The Morgan fingerprint density at radius 2 is 1.88 bits per heavy atom. The second kappa shape index (κ2) is 3.62. The SMILES string of the molecule is CCc1cc2cc(C(C)(C)C)[nH]c2cc1F. The van der Waals surface area contributed by atoms with Crippen LogP contribution in [0.5, 0.6) is 0 Å². The summed E-state index contributed by atoms with van der Waals surface area (Å²) >= 11 is 0. The van der Waals surface area contributed by atoms with Gasteiger partial charge >= 0.3 is 0 Å². The molecule has 1 aromatic heterocycles. The van der Waals surface area contributed by atoms with Crippen molar-refractivity contribution in [3.05, 3.63) is 35.3 Å². The van der Waals surface area contributed by atoms with Crippen LogP contribution in [0.2, 0.25) is 0 Å². The van der Waals surface area contributed by atoms with Gasteiger partial charge in [-0.2, -0.15) is 0 Å². The fraction of sp³-hybridized carbons (Fsp3) is 0.429. The lowest BCUT2D eigenvalue weighted by Crippen LogP contribution is -2.10. The van der Waals surface area contributed by atoms with E-state index in [0.717, 1.165) is 28.6 Å². The third-order valence-corrected chi connectivity index (χ3v) is 2.98. The van der Waals surface area contributed by atoms with Gasteiger partial charge in [-0.05, 0) is 30.2 Å². The number of rotatable bonds is 1. The molecule has 1 nitrogen and oxygen atoms in total. The number of aryl methyl sites for hydroxylation is 1. The smallest absolute Gasteiger partial charge is 0.128 e. The van der Waals surface area contributed by atoms with Crippen molar-refractivity contribution in [3.63, 3.8) is 0 Å². The number of halogens is 1. The van der Waals surface area contributed by atoms with Gasteiger partial charge in [0.1, 0.15) is 5.82 Å². The highest BCUT2D eigenvalue weighted by Gasteiger charge is 2.16. The summed E-state index contributed by atoms with van der Waals surface area (Å²) in [5.41, 5.74) is 2.89. The summed E-state index contributed by atoms with van der Waals surface area (Å²) in [6.45, 7) is 8.42. The molecule has 0 atom stereocenters. The van der Waals surface area contributed by atoms with Crippen molar-refractivity contribution < 1.29 is 4.39 Å². The Bertz CT molecular complexity index is 517. The van der Waals surface area contributed by atoms with E-state index >= 15 is 0 Å². The van der Waals surface area contributed by atoms with Crippen molar-refractivity contribution in [2.24, 2.45) is 0 Å². The lowest BCUT2D eigenvalue weighted by atomic mass is 9.92. The molecule has 0 aliphatic rings. The fourth-order valence-corrected chi connectivity index (χ4v) is 1.88. The molecule has 0 fully saturated rings. The maximum Gasteiger partial charge on any atom is 0.128 e. The number of hydrogen-bond acceptors (Lipinski definition) is 0. The van der Waals surface area contributed by atoms with Crippen LogP contribution in [-0.2, 0) is 11.8 Å². The van der Waals surface area contributed by atoms with Crippen LogP contribution in [-0.4, -0.2) is 4.98 Å². The highest BCUT2D eigenvalue weighted by Crippen LogP contribution is 2.27. The zero-order valence-electron chi connectivity index (χ0n) is 10.3. The summed E-state index contributed by atoms with van der Waals surface area (Å²) in [6, 6.07) is 5.66. The third-order valence-electron chi connectivity index (χ3n) is 2.98. The van der Waals surface area contributed by atoms with Crippen molar-refractivity contribution >= 4 is 10.9 Å². The maximum atomic E-state index is 13.6. The lowest BCUT2D eigenvalue weighted by Gasteiger charge is -2.15. The molecular weight excluding hydrogens is 201 g/mol. The largest absolute Gasteiger partial charge is 0.358 e. The maximum absolute atomic E-state index is 13.6. The Morgan fingerprint density at radius 3 is 2.44 bits per heavy atom. The van der Waals surface area contributed by atoms with Gasteiger partial charge in [0.25, 0.3) is 0 Å². The number of fused-ring (bicyclic) bond motifs is 1. The average molecular weight is 219 g/mol. The third kappa shape index (κ3) is 1.84. The molecule has 1 aromatic carbocycles. The molecule has 2 heteroatoms. The van der Waals surface area contributed by atoms with E-state index < -0.39 is 0 Å². The summed E-state index contributed by atoms with van der Waals surface area (Å²) in [6.07, 6.45) is 0.734. The van der Waals surface area contributed by atoms with Crippen LogP contribution >= 0.6 is 0 Å². The summed E-state index contributed by atoms with van der Waals surface area (Å²) in [7, 11) is 0. The van der Waals surface area contributed by atoms with E-state index in [2.05, 4.69) is 31.8 Å². The topological polar surface area (TPSA) is 15.8 Å². The van der Waals surface area contributed by atoms with Gasteiger partial charge in [0, 0.05) is 22.0 Å². The van der Waals surface area contributed by atoms with E-state index in [0.29, 0.717) is 0 Å². The van der Waals surface area contributed by atoms with E-state index in [1.165, 1.54) is 0 Å². The minimum Gasteiger partial charge on any atom is -0.358 e.